The van der Waals surface area contributed by atoms with E-state index in [1.165, 1.54) is 13.5 Å². The number of nitrogens with one attached hydrogen (secondary N) is 1. The first kappa shape index (κ1) is 26.4. The summed E-state index contributed by atoms with van der Waals surface area (Å²) in [6.07, 6.45) is 4.85. The Morgan fingerprint density at radius 3 is 2.32 bits per heavy atom. The van der Waals surface area contributed by atoms with E-state index in [2.05, 4.69) is 5.32 Å². The predicted octanol–water partition coefficient (Wildman–Crippen LogP) is 7.25. The number of carbonyl (C=O) groups is 2. The lowest BCUT2D eigenvalue weighted by molar-refractivity contribution is -0.143. The lowest BCUT2D eigenvalue weighted by Crippen LogP contribution is -2.44. The molecule has 5 nitrogen and oxygen atoms in total. The van der Waals surface area contributed by atoms with Crippen molar-refractivity contribution in [3.05, 3.63) is 69.7 Å². The second kappa shape index (κ2) is 11.9. The third-order valence-corrected chi connectivity index (χ3v) is 7.18. The van der Waals surface area contributed by atoms with E-state index < -0.39 is 29.6 Å². The zero-order valence-electron chi connectivity index (χ0n) is 20.0. The van der Waals surface area contributed by atoms with Crippen molar-refractivity contribution in [2.75, 3.05) is 7.11 Å². The van der Waals surface area contributed by atoms with E-state index in [9.17, 15) is 9.59 Å². The summed E-state index contributed by atoms with van der Waals surface area (Å²) in [6.45, 7) is 3.98. The van der Waals surface area contributed by atoms with Crippen LogP contribution in [0.2, 0.25) is 10.0 Å². The number of carbonyl (C=O) groups excluding carboxylic acids is 2. The quantitative estimate of drug-likeness (QED) is 0.383. The van der Waals surface area contributed by atoms with Crippen molar-refractivity contribution in [2.24, 2.45) is 5.92 Å². The van der Waals surface area contributed by atoms with Crippen LogP contribution in [0.5, 0.6) is 0 Å². The molecule has 1 fully saturated rings. The highest BCUT2D eigenvalue weighted by atomic mass is 35.5. The molecule has 0 unspecified atom stereocenters. The summed E-state index contributed by atoms with van der Waals surface area (Å²) >= 11 is 12.3. The molecule has 0 radical (unpaired) electrons. The molecule has 1 saturated carbocycles. The van der Waals surface area contributed by atoms with Crippen LogP contribution in [0.1, 0.15) is 69.6 Å². The number of rotatable bonds is 8. The fourth-order valence-electron chi connectivity index (χ4n) is 4.71. The molecule has 7 heteroatoms. The van der Waals surface area contributed by atoms with Crippen LogP contribution >= 0.6 is 23.2 Å². The SMILES string of the molecule is COC(=O)[C@H](CC1CCCCC1)NC(=O)O[C@@H](c1ccc(Cl)cc1)C(C)(C)c1cccc(Cl)c1. The Balaban J connectivity index is 1.83. The maximum atomic E-state index is 13.1. The second-order valence-corrected chi connectivity index (χ2v) is 10.4. The van der Waals surface area contributed by atoms with Crippen molar-refractivity contribution in [2.45, 2.75) is 69.9 Å². The summed E-state index contributed by atoms with van der Waals surface area (Å²) in [5, 5.41) is 3.96. The van der Waals surface area contributed by atoms with Crippen LogP contribution < -0.4 is 5.32 Å². The zero-order valence-corrected chi connectivity index (χ0v) is 21.5. The molecule has 34 heavy (non-hydrogen) atoms. The van der Waals surface area contributed by atoms with E-state index in [-0.39, 0.29) is 0 Å². The van der Waals surface area contributed by atoms with Crippen molar-refractivity contribution >= 4 is 35.3 Å². The second-order valence-electron chi connectivity index (χ2n) is 9.53. The highest BCUT2D eigenvalue weighted by molar-refractivity contribution is 6.30. The first-order valence-electron chi connectivity index (χ1n) is 11.8. The van der Waals surface area contributed by atoms with E-state index in [1.54, 1.807) is 18.2 Å². The number of esters is 1. The van der Waals surface area contributed by atoms with Crippen molar-refractivity contribution in [1.82, 2.24) is 5.32 Å². The van der Waals surface area contributed by atoms with E-state index in [0.29, 0.717) is 22.4 Å². The highest BCUT2D eigenvalue weighted by Crippen LogP contribution is 2.41. The topological polar surface area (TPSA) is 64.6 Å². The number of hydrogen-bond acceptors (Lipinski definition) is 4. The van der Waals surface area contributed by atoms with E-state index in [4.69, 9.17) is 32.7 Å². The number of methoxy groups -OCH3 is 1. The summed E-state index contributed by atoms with van der Waals surface area (Å²) in [7, 11) is 1.34. The van der Waals surface area contributed by atoms with Gasteiger partial charge in [-0.2, -0.15) is 0 Å². The minimum atomic E-state index is -0.749. The van der Waals surface area contributed by atoms with Gasteiger partial charge in [-0.3, -0.25) is 0 Å². The molecule has 0 aromatic heterocycles. The van der Waals surface area contributed by atoms with Gasteiger partial charge in [-0.05, 0) is 47.7 Å². The smallest absolute Gasteiger partial charge is 0.408 e. The molecule has 3 rings (SSSR count). The molecular formula is C27H33Cl2NO4. The monoisotopic (exact) mass is 505 g/mol. The van der Waals surface area contributed by atoms with Gasteiger partial charge in [0.05, 0.1) is 7.11 Å². The molecule has 0 heterocycles. The van der Waals surface area contributed by atoms with Gasteiger partial charge in [-0.15, -0.1) is 0 Å². The van der Waals surface area contributed by atoms with Crippen molar-refractivity contribution in [3.8, 4) is 0 Å². The zero-order chi connectivity index (χ0) is 24.7. The Kier molecular flexibility index (Phi) is 9.26. The Morgan fingerprint density at radius 1 is 1.03 bits per heavy atom. The lowest BCUT2D eigenvalue weighted by atomic mass is 9.76. The maximum Gasteiger partial charge on any atom is 0.408 e. The van der Waals surface area contributed by atoms with Crippen LogP contribution in [0.25, 0.3) is 0 Å². The number of alkyl carbamates (subject to hydrolysis) is 1. The number of halogens is 2. The average Bonchev–Trinajstić information content (AvgIpc) is 2.83. The van der Waals surface area contributed by atoms with Crippen molar-refractivity contribution in [1.29, 1.82) is 0 Å². The maximum absolute atomic E-state index is 13.1. The molecule has 2 atom stereocenters. The Labute approximate surface area is 212 Å². The van der Waals surface area contributed by atoms with Crippen LogP contribution in [0.15, 0.2) is 48.5 Å². The first-order valence-corrected chi connectivity index (χ1v) is 12.5. The fourth-order valence-corrected chi connectivity index (χ4v) is 5.02. The fraction of sp³-hybridized carbons (Fsp3) is 0.481. The number of ether oxygens (including phenoxy) is 2. The molecule has 1 N–H and O–H groups in total. The van der Waals surface area contributed by atoms with Gasteiger partial charge in [0.25, 0.3) is 0 Å². The molecular weight excluding hydrogens is 473 g/mol. The summed E-state index contributed by atoms with van der Waals surface area (Å²) in [4.78, 5) is 25.6. The van der Waals surface area contributed by atoms with Crippen LogP contribution in [0.3, 0.4) is 0 Å². The Morgan fingerprint density at radius 2 is 1.71 bits per heavy atom. The van der Waals surface area contributed by atoms with Crippen LogP contribution in [0.4, 0.5) is 4.79 Å². The van der Waals surface area contributed by atoms with Gasteiger partial charge >= 0.3 is 12.1 Å². The van der Waals surface area contributed by atoms with Gasteiger partial charge in [-0.1, -0.05) is 93.4 Å². The van der Waals surface area contributed by atoms with Gasteiger partial charge in [0, 0.05) is 15.5 Å². The largest absolute Gasteiger partial charge is 0.467 e. The lowest BCUT2D eigenvalue weighted by Gasteiger charge is -2.35. The normalized spacial score (nSPS) is 16.4. The van der Waals surface area contributed by atoms with Gasteiger partial charge < -0.3 is 14.8 Å². The molecule has 1 aliphatic rings. The molecule has 184 valence electrons. The van der Waals surface area contributed by atoms with Gasteiger partial charge in [0.2, 0.25) is 0 Å². The third kappa shape index (κ3) is 6.89. The number of hydrogen-bond donors (Lipinski definition) is 1. The minimum absolute atomic E-state index is 0.383. The standard InChI is InChI=1S/C27H33Cl2NO4/c1-27(2,20-10-7-11-22(29)17-20)24(19-12-14-21(28)15-13-19)34-26(32)30-23(25(31)33-3)16-18-8-5-4-6-9-18/h7,10-15,17-18,23-24H,4-6,8-9,16H2,1-3H3,(H,30,32)/t23-,24-/m0/s1. The number of amides is 1. The van der Waals surface area contributed by atoms with Crippen LogP contribution in [-0.4, -0.2) is 25.2 Å². The van der Waals surface area contributed by atoms with Crippen molar-refractivity contribution in [3.63, 3.8) is 0 Å². The molecule has 1 aliphatic carbocycles. The predicted molar refractivity (Wildman–Crippen MR) is 135 cm³/mol. The van der Waals surface area contributed by atoms with Crippen LogP contribution in [0, 0.1) is 5.92 Å². The Hall–Kier alpha value is -2.24. The van der Waals surface area contributed by atoms with E-state index >= 15 is 0 Å². The van der Waals surface area contributed by atoms with Crippen molar-refractivity contribution < 1.29 is 19.1 Å². The van der Waals surface area contributed by atoms with E-state index in [1.807, 2.05) is 44.2 Å². The average molecular weight is 506 g/mol. The third-order valence-electron chi connectivity index (χ3n) is 6.69. The molecule has 0 saturated heterocycles. The molecule has 0 spiro atoms. The molecule has 2 aromatic carbocycles. The highest BCUT2D eigenvalue weighted by Gasteiger charge is 2.37. The minimum Gasteiger partial charge on any atom is -0.467 e. The summed E-state index contributed by atoms with van der Waals surface area (Å²) in [5.74, 6) is -0.0761. The van der Waals surface area contributed by atoms with Gasteiger partial charge in [-0.25, -0.2) is 9.59 Å². The summed E-state index contributed by atoms with van der Waals surface area (Å²) in [5.41, 5.74) is 1.08. The molecule has 0 bridgehead atoms. The molecule has 2 aromatic rings. The molecule has 0 aliphatic heterocycles. The van der Waals surface area contributed by atoms with E-state index in [0.717, 1.165) is 36.8 Å². The van der Waals surface area contributed by atoms with Gasteiger partial charge in [0.1, 0.15) is 12.1 Å². The molecule has 1 amide bonds. The Bertz CT molecular complexity index is 971. The summed E-state index contributed by atoms with van der Waals surface area (Å²) in [6, 6.07) is 14.0. The summed E-state index contributed by atoms with van der Waals surface area (Å²) < 4.78 is 11.0. The first-order chi connectivity index (χ1) is 16.2. The number of benzene rings is 2. The van der Waals surface area contributed by atoms with Gasteiger partial charge in [0.15, 0.2) is 0 Å². The van der Waals surface area contributed by atoms with Crippen LogP contribution in [-0.2, 0) is 19.7 Å².